The van der Waals surface area contributed by atoms with Crippen LogP contribution < -0.4 is 11.1 Å². The number of nitrogen functional groups attached to an aromatic ring is 1. The molecule has 0 unspecified atom stereocenters. The van der Waals surface area contributed by atoms with E-state index in [1.54, 1.807) is 46.2 Å². The van der Waals surface area contributed by atoms with Crippen molar-refractivity contribution in [1.29, 1.82) is 1.34 Å². The number of carboxylic acid groups (broad SMARTS) is 1. The Morgan fingerprint density at radius 2 is 0.815 bits per heavy atom. The largest absolute Gasteiger partial charge is 0.870 e. The van der Waals surface area contributed by atoms with Gasteiger partial charge in [-0.3, -0.25) is 38.5 Å². The first-order chi connectivity index (χ1) is 55.9. The van der Waals surface area contributed by atoms with Crippen LogP contribution in [-0.4, -0.2) is 106 Å². The number of rotatable bonds is 32. The molecule has 0 saturated carbocycles. The number of hydrogen-bond donors (Lipinski definition) is 3. The number of esters is 3. The molecular weight excluding hydrogens is 1740 g/mol. The number of hydrogen-bond acceptors (Lipinski definition) is 16. The van der Waals surface area contributed by atoms with Crippen LogP contribution in [0.5, 0.6) is 0 Å². The van der Waals surface area contributed by atoms with Crippen LogP contribution >= 0.6 is 7.60 Å². The molecule has 0 aliphatic heterocycles. The number of pyridine rings is 2. The first-order valence-electron chi connectivity index (χ1n) is 41.5. The molecule has 0 aliphatic carbocycles. The van der Waals surface area contributed by atoms with Crippen molar-refractivity contribution in [1.82, 2.24) is 9.97 Å². The van der Waals surface area contributed by atoms with Gasteiger partial charge in [0.1, 0.15) is 12.4 Å². The van der Waals surface area contributed by atoms with Crippen molar-refractivity contribution in [3.63, 3.8) is 0 Å². The molecule has 0 saturated heterocycles. The van der Waals surface area contributed by atoms with E-state index in [1.807, 2.05) is 116 Å². The monoisotopic (exact) mass is 1880 g/mol. The molecule has 9 aromatic rings. The van der Waals surface area contributed by atoms with E-state index in [1.165, 1.54) is 45.0 Å². The Hall–Kier alpha value is -8.85. The second-order valence-electron chi connectivity index (χ2n) is 31.3. The maximum Gasteiger partial charge on any atom is 0.341 e. The standard InChI is InChI=1S/C23H26N2O.C16H24O2.C16H22O2.C14H20O2.C12H16O.C9H8N2.C8H17O5P.BH.H2O.U.H2/c1-4-23(2,3)19-12-9-17(10-13-19)11-14-22(26)25-20-15-18-7-5-6-8-21(18)24-16-20;2*1-5-16(3,4)14-10-7-13(8-11-14)9-12-15(17)18-6-2;1-4-14(2,3)12-8-5-11(6-9-12)7-10-13(15)16;1-4-12(2,3)11-7-5-10(9-13)6-8-11;10-8-5-7-3-1-2-4-9(7)11-6-8;1-4-11-8(9)7-14(10,12-5-2)13-6-3;;;;/h5-10,12-13,15-16H,4,11,14H2,1-3H3,(H,25,26);7-8,10-11H,5-6,9,12H2,1-4H3;7-12H,5-6H2,1-4H3;5-6,8-9H,4,7,10H2,1-3H3,(H,15,16);5-9H,4H2,1-3H3;1-6H,10H2;4-7H2,1-3H3;1H;1H2;;1H/p-1/b;;12-9+;;;;;;;;/i;;;;;;;1T;;;. The van der Waals surface area contributed by atoms with Gasteiger partial charge >= 0.3 is 31.5 Å². The Balaban J connectivity index is 0. The molecule has 2 radical (unpaired) electrons. The molecule has 1 amide bonds. The fourth-order valence-corrected chi connectivity index (χ4v) is 12.6. The molecule has 0 spiro atoms. The zero-order chi connectivity index (χ0) is 88.6. The molecule has 2 heterocycles. The number of nitrogens with two attached hydrogens (primary N) is 1. The Morgan fingerprint density at radius 1 is 0.471 bits per heavy atom. The Bertz CT molecular complexity index is 4520. The third-order valence-electron chi connectivity index (χ3n) is 20.8. The quantitative estimate of drug-likeness (QED) is 0.00882. The minimum atomic E-state index is -3.28. The summed E-state index contributed by atoms with van der Waals surface area (Å²) in [5, 5.41) is 13.7. The van der Waals surface area contributed by atoms with Gasteiger partial charge in [0.15, 0.2) is 0 Å². The molecule has 21 heteroatoms. The number of anilines is 2. The number of aliphatic carboxylic acids is 1. The van der Waals surface area contributed by atoms with Crippen molar-refractivity contribution >= 4 is 91.3 Å². The van der Waals surface area contributed by atoms with Gasteiger partial charge in [-0.05, 0) is 195 Å². The van der Waals surface area contributed by atoms with Crippen molar-refractivity contribution in [2.75, 3.05) is 50.2 Å². The van der Waals surface area contributed by atoms with Gasteiger partial charge in [-0.2, -0.15) is 0 Å². The van der Waals surface area contributed by atoms with Crippen LogP contribution in [-0.2, 0) is 98.1 Å². The van der Waals surface area contributed by atoms with E-state index in [4.69, 9.17) is 30.7 Å². The van der Waals surface area contributed by atoms with Crippen LogP contribution in [0, 0.1) is 31.1 Å². The molecule has 0 fully saturated rings. The van der Waals surface area contributed by atoms with E-state index < -0.39 is 19.5 Å². The van der Waals surface area contributed by atoms with E-state index in [-0.39, 0.29) is 115 Å². The van der Waals surface area contributed by atoms with Crippen LogP contribution in [0.25, 0.3) is 27.9 Å². The van der Waals surface area contributed by atoms with Crippen molar-refractivity contribution in [3.05, 3.63) is 256 Å². The van der Waals surface area contributed by atoms with Gasteiger partial charge < -0.3 is 44.9 Å². The van der Waals surface area contributed by atoms with Gasteiger partial charge in [0.2, 0.25) is 5.91 Å². The maximum absolute atomic E-state index is 12.3. The number of aryl methyl sites for hydroxylation is 3. The predicted molar refractivity (Wildman–Crippen MR) is 489 cm³/mol. The molecule has 9 rings (SSSR count). The SMILES string of the molecule is CCC(C)(C)c1ccc(C=O)cc1.CCC(C)(C)c1ccc(CCC(=O)Nc2cnc3ccccc3c2)cc1.CCC(C)(C)c1ccc(CCC(=O)O)cc1.CCOC(=O)/C=C/c1ccc(C(C)(C)CC)cc1.CCOC(=O)CCc1ccc(C(C)(C)CC)cc1.CCOC(=O)CP(=O)(OCC)OCC.Nc1cnc2ccccc2c1.[3H][B].[HH].[OH-].[U]. The second kappa shape index (κ2) is 56.6. The summed E-state index contributed by atoms with van der Waals surface area (Å²) in [5.74, 6) is -1.69. The van der Waals surface area contributed by atoms with E-state index in [0.717, 1.165) is 95.4 Å². The van der Waals surface area contributed by atoms with Gasteiger partial charge in [0, 0.05) is 82.6 Å². The number of para-hydroxylation sites is 2. The molecule has 0 aliphatic rings. The number of carbonyl (C=O) groups excluding carboxylic acids is 5. The molecular formula is C98H137BN4O14PU-. The summed E-state index contributed by atoms with van der Waals surface area (Å²) in [6.45, 7) is 43.6. The Kier molecular flexibility index (Phi) is 51.5. The topological polar surface area (TPSA) is 280 Å². The van der Waals surface area contributed by atoms with Crippen molar-refractivity contribution in [2.24, 2.45) is 0 Å². The van der Waals surface area contributed by atoms with Gasteiger partial charge in [-0.15, -0.1) is 0 Å². The number of nitrogens with one attached hydrogen (secondary N) is 1. The molecule has 119 heavy (non-hydrogen) atoms. The first-order valence-corrected chi connectivity index (χ1v) is 42.6. The van der Waals surface area contributed by atoms with E-state index >= 15 is 0 Å². The fraction of sp³-hybridized carbons (Fsp3) is 0.429. The zero-order valence-electron chi connectivity index (χ0n) is 75.5. The van der Waals surface area contributed by atoms with E-state index in [2.05, 4.69) is 205 Å². The number of amides is 1. The van der Waals surface area contributed by atoms with Crippen LogP contribution in [0.4, 0.5) is 11.4 Å². The number of nitrogens with zero attached hydrogens (tertiary/aromatic N) is 2. The normalized spacial score (nSPS) is 11.1. The number of benzene rings is 7. The van der Waals surface area contributed by atoms with Crippen molar-refractivity contribution in [2.45, 2.75) is 236 Å². The van der Waals surface area contributed by atoms with E-state index in [9.17, 15) is 33.3 Å². The number of carboxylic acids is 1. The van der Waals surface area contributed by atoms with Crippen LogP contribution in [0.1, 0.15) is 252 Å². The smallest absolute Gasteiger partial charge is 0.341 e. The minimum absolute atomic E-state index is 0. The minimum Gasteiger partial charge on any atom is -0.870 e. The van der Waals surface area contributed by atoms with Crippen LogP contribution in [0.3, 0.4) is 0 Å². The van der Waals surface area contributed by atoms with Gasteiger partial charge in [0.25, 0.3) is 0 Å². The average Bonchev–Trinajstić information content (AvgIpc) is 0.826. The summed E-state index contributed by atoms with van der Waals surface area (Å²) in [4.78, 5) is 75.2. The fourth-order valence-electron chi connectivity index (χ4n) is 11.1. The number of aromatic nitrogens is 2. The summed E-state index contributed by atoms with van der Waals surface area (Å²) in [6, 6.07) is 61.3. The van der Waals surface area contributed by atoms with Crippen LogP contribution in [0.15, 0.2) is 200 Å². The van der Waals surface area contributed by atoms with Gasteiger partial charge in [-0.25, -0.2) is 4.79 Å². The third-order valence-corrected chi connectivity index (χ3v) is 22.8. The molecule has 646 valence electrons. The first kappa shape index (κ1) is 108. The van der Waals surface area contributed by atoms with Gasteiger partial charge in [0.05, 0.1) is 67.8 Å². The Labute approximate surface area is 739 Å². The number of ether oxygens (including phenoxy) is 3. The second-order valence-corrected chi connectivity index (χ2v) is 33.3. The van der Waals surface area contributed by atoms with Crippen molar-refractivity contribution in [3.8, 4) is 0 Å². The van der Waals surface area contributed by atoms with Gasteiger partial charge in [-0.1, -0.05) is 262 Å². The average molecular weight is 1880 g/mol. The summed E-state index contributed by atoms with van der Waals surface area (Å²) < 4.78 is 41.3. The molecule has 5 N–H and O–H groups in total. The third kappa shape index (κ3) is 41.3. The molecule has 2 aromatic heterocycles. The predicted octanol–water partition coefficient (Wildman–Crippen LogP) is 22.9. The van der Waals surface area contributed by atoms with Crippen molar-refractivity contribution < 1.29 is 99.7 Å². The maximum atomic E-state index is 12.3. The summed E-state index contributed by atoms with van der Waals surface area (Å²) >= 11 is 0. The molecule has 0 atom stereocenters. The summed E-state index contributed by atoms with van der Waals surface area (Å²) in [7, 11) is 0.470. The zero-order valence-corrected chi connectivity index (χ0v) is 79.6. The molecule has 7 aromatic carbocycles. The van der Waals surface area contributed by atoms with E-state index in [0.29, 0.717) is 38.2 Å². The number of fused-ring (bicyclic) bond motifs is 2. The number of carbonyl (C=O) groups is 6. The molecule has 0 bridgehead atoms. The van der Waals surface area contributed by atoms with Crippen LogP contribution in [0.2, 0.25) is 0 Å². The Morgan fingerprint density at radius 3 is 1.18 bits per heavy atom. The number of aldehydes is 1. The summed E-state index contributed by atoms with van der Waals surface area (Å²) in [6.07, 6.45) is 15.9. The molecule has 18 nitrogen and oxygen atoms in total. The summed E-state index contributed by atoms with van der Waals surface area (Å²) in [5.41, 5.74) is 21.8.